The number of aromatic nitrogens is 2. The van der Waals surface area contributed by atoms with E-state index in [0.29, 0.717) is 0 Å². The minimum Gasteiger partial charge on any atom is -0.494 e. The highest BCUT2D eigenvalue weighted by molar-refractivity contribution is 5.32. The molecule has 2 aromatic rings. The van der Waals surface area contributed by atoms with Crippen LogP contribution in [0.2, 0.25) is 0 Å². The van der Waals surface area contributed by atoms with Gasteiger partial charge in [0.25, 0.3) is 0 Å². The predicted molar refractivity (Wildman–Crippen MR) is 81.0 cm³/mol. The van der Waals surface area contributed by atoms with Gasteiger partial charge < -0.3 is 14.6 Å². The van der Waals surface area contributed by atoms with Crippen LogP contribution in [0.1, 0.15) is 37.7 Å². The maximum atomic E-state index is 5.62. The van der Waals surface area contributed by atoms with Gasteiger partial charge in [0.1, 0.15) is 11.6 Å². The van der Waals surface area contributed by atoms with E-state index in [-0.39, 0.29) is 6.04 Å². The molecule has 108 valence electrons. The van der Waals surface area contributed by atoms with Gasteiger partial charge in [-0.2, -0.15) is 0 Å². The molecular weight excluding hydrogens is 250 g/mol. The lowest BCUT2D eigenvalue weighted by atomic mass is 10.1. The second-order valence-corrected chi connectivity index (χ2v) is 4.80. The number of ether oxygens (including phenoxy) is 1. The minimum absolute atomic E-state index is 0.111. The summed E-state index contributed by atoms with van der Waals surface area (Å²) in [5.41, 5.74) is 1.20. The number of hydrogen-bond donors (Lipinski definition) is 1. The zero-order valence-electron chi connectivity index (χ0n) is 12.5. The molecule has 0 fully saturated rings. The van der Waals surface area contributed by atoms with Crippen molar-refractivity contribution in [2.24, 2.45) is 7.05 Å². The summed E-state index contributed by atoms with van der Waals surface area (Å²) < 4.78 is 7.67. The maximum absolute atomic E-state index is 5.62. The Hall–Kier alpha value is -1.81. The largest absolute Gasteiger partial charge is 0.494 e. The van der Waals surface area contributed by atoms with Crippen molar-refractivity contribution in [3.8, 4) is 5.75 Å². The van der Waals surface area contributed by atoms with Crippen molar-refractivity contribution in [1.29, 1.82) is 0 Å². The van der Waals surface area contributed by atoms with Gasteiger partial charge >= 0.3 is 0 Å². The Labute approximate surface area is 120 Å². The summed E-state index contributed by atoms with van der Waals surface area (Å²) in [6, 6.07) is 8.37. The molecule has 1 aromatic carbocycles. The molecule has 1 aromatic heterocycles. The predicted octanol–water partition coefficient (Wildman–Crippen LogP) is 2.91. The fourth-order valence-corrected chi connectivity index (χ4v) is 2.19. The Morgan fingerprint density at radius 3 is 2.55 bits per heavy atom. The average Bonchev–Trinajstić information content (AvgIpc) is 2.89. The lowest BCUT2D eigenvalue weighted by molar-refractivity contribution is 0.317. The number of nitrogens with one attached hydrogen (secondary N) is 1. The zero-order valence-corrected chi connectivity index (χ0v) is 12.5. The van der Waals surface area contributed by atoms with Crippen LogP contribution in [0.5, 0.6) is 5.75 Å². The first-order valence-corrected chi connectivity index (χ1v) is 7.19. The SMILES string of the molecule is CCCOc1ccc(C(NCC)c2nccn2C)cc1. The molecule has 0 aliphatic carbocycles. The van der Waals surface area contributed by atoms with E-state index in [2.05, 4.69) is 40.8 Å². The molecule has 0 aliphatic heterocycles. The summed E-state index contributed by atoms with van der Waals surface area (Å²) in [7, 11) is 2.02. The van der Waals surface area contributed by atoms with Crippen LogP contribution in [0.15, 0.2) is 36.7 Å². The van der Waals surface area contributed by atoms with Crippen molar-refractivity contribution in [2.75, 3.05) is 13.2 Å². The highest BCUT2D eigenvalue weighted by Gasteiger charge is 2.16. The Morgan fingerprint density at radius 1 is 1.25 bits per heavy atom. The minimum atomic E-state index is 0.111. The molecular formula is C16H23N3O. The number of imidazole rings is 1. The van der Waals surface area contributed by atoms with Crippen LogP contribution in [0.4, 0.5) is 0 Å². The molecule has 0 spiro atoms. The fraction of sp³-hybridized carbons (Fsp3) is 0.438. The first-order valence-electron chi connectivity index (χ1n) is 7.19. The van der Waals surface area contributed by atoms with Crippen molar-refractivity contribution in [3.05, 3.63) is 48.0 Å². The number of benzene rings is 1. The highest BCUT2D eigenvalue weighted by atomic mass is 16.5. The van der Waals surface area contributed by atoms with Crippen molar-refractivity contribution >= 4 is 0 Å². The van der Waals surface area contributed by atoms with Gasteiger partial charge in [-0.25, -0.2) is 4.98 Å². The van der Waals surface area contributed by atoms with Crippen LogP contribution in [-0.4, -0.2) is 22.7 Å². The molecule has 4 nitrogen and oxygen atoms in total. The Bertz CT molecular complexity index is 519. The molecule has 1 atom stereocenters. The molecule has 2 rings (SSSR count). The van der Waals surface area contributed by atoms with Gasteiger partial charge in [0, 0.05) is 19.4 Å². The monoisotopic (exact) mass is 273 g/mol. The summed E-state index contributed by atoms with van der Waals surface area (Å²) in [5.74, 6) is 1.94. The van der Waals surface area contributed by atoms with E-state index in [0.717, 1.165) is 31.1 Å². The van der Waals surface area contributed by atoms with Gasteiger partial charge in [-0.05, 0) is 30.7 Å². The first-order chi connectivity index (χ1) is 9.76. The molecule has 1 unspecified atom stereocenters. The van der Waals surface area contributed by atoms with Crippen LogP contribution in [0.25, 0.3) is 0 Å². The summed E-state index contributed by atoms with van der Waals surface area (Å²) in [4.78, 5) is 4.45. The second kappa shape index (κ2) is 7.10. The maximum Gasteiger partial charge on any atom is 0.130 e. The molecule has 0 saturated carbocycles. The molecule has 0 bridgehead atoms. The third kappa shape index (κ3) is 3.39. The Kier molecular flexibility index (Phi) is 5.18. The lowest BCUT2D eigenvalue weighted by Gasteiger charge is -2.18. The van der Waals surface area contributed by atoms with E-state index >= 15 is 0 Å². The normalized spacial score (nSPS) is 12.3. The van der Waals surface area contributed by atoms with E-state index < -0.39 is 0 Å². The standard InChI is InChI=1S/C16H23N3O/c1-4-12-20-14-8-6-13(7-9-14)15(17-5-2)16-18-10-11-19(16)3/h6-11,15,17H,4-5,12H2,1-3H3. The van der Waals surface area contributed by atoms with Crippen molar-refractivity contribution < 1.29 is 4.74 Å². The number of rotatable bonds is 7. The van der Waals surface area contributed by atoms with Crippen LogP contribution in [0.3, 0.4) is 0 Å². The molecule has 20 heavy (non-hydrogen) atoms. The molecule has 0 aliphatic rings. The lowest BCUT2D eigenvalue weighted by Crippen LogP contribution is -2.24. The quantitative estimate of drug-likeness (QED) is 0.843. The van der Waals surface area contributed by atoms with Gasteiger partial charge in [-0.15, -0.1) is 0 Å². The van der Waals surface area contributed by atoms with Crippen molar-refractivity contribution in [1.82, 2.24) is 14.9 Å². The Morgan fingerprint density at radius 2 is 2.00 bits per heavy atom. The van der Waals surface area contributed by atoms with Crippen molar-refractivity contribution in [3.63, 3.8) is 0 Å². The van der Waals surface area contributed by atoms with Gasteiger partial charge in [0.15, 0.2) is 0 Å². The highest BCUT2D eigenvalue weighted by Crippen LogP contribution is 2.22. The number of aryl methyl sites for hydroxylation is 1. The second-order valence-electron chi connectivity index (χ2n) is 4.80. The third-order valence-electron chi connectivity index (χ3n) is 3.21. The van der Waals surface area contributed by atoms with Gasteiger partial charge in [-0.1, -0.05) is 26.0 Å². The molecule has 1 heterocycles. The van der Waals surface area contributed by atoms with Gasteiger partial charge in [0.2, 0.25) is 0 Å². The van der Waals surface area contributed by atoms with Gasteiger partial charge in [0.05, 0.1) is 12.6 Å². The molecule has 1 N–H and O–H groups in total. The zero-order chi connectivity index (χ0) is 14.4. The van der Waals surface area contributed by atoms with Crippen LogP contribution < -0.4 is 10.1 Å². The average molecular weight is 273 g/mol. The summed E-state index contributed by atoms with van der Waals surface area (Å²) in [6.45, 7) is 5.87. The summed E-state index contributed by atoms with van der Waals surface area (Å²) >= 11 is 0. The topological polar surface area (TPSA) is 39.1 Å². The third-order valence-corrected chi connectivity index (χ3v) is 3.21. The summed E-state index contributed by atoms with van der Waals surface area (Å²) in [5, 5.41) is 3.48. The van der Waals surface area contributed by atoms with E-state index in [1.54, 1.807) is 0 Å². The van der Waals surface area contributed by atoms with Crippen LogP contribution in [-0.2, 0) is 7.05 Å². The molecule has 0 amide bonds. The van der Waals surface area contributed by atoms with E-state index in [1.165, 1.54) is 5.56 Å². The number of nitrogens with zero attached hydrogens (tertiary/aromatic N) is 2. The van der Waals surface area contributed by atoms with Gasteiger partial charge in [-0.3, -0.25) is 0 Å². The van der Waals surface area contributed by atoms with E-state index in [1.807, 2.05) is 31.6 Å². The number of hydrogen-bond acceptors (Lipinski definition) is 3. The molecule has 0 saturated heterocycles. The molecule has 4 heteroatoms. The first kappa shape index (κ1) is 14.6. The van der Waals surface area contributed by atoms with Crippen LogP contribution >= 0.6 is 0 Å². The van der Waals surface area contributed by atoms with Crippen molar-refractivity contribution in [2.45, 2.75) is 26.3 Å². The summed E-state index contributed by atoms with van der Waals surface area (Å²) in [6.07, 6.45) is 4.83. The Balaban J connectivity index is 2.19. The van der Waals surface area contributed by atoms with E-state index in [4.69, 9.17) is 4.74 Å². The smallest absolute Gasteiger partial charge is 0.130 e. The van der Waals surface area contributed by atoms with Crippen LogP contribution in [0, 0.1) is 0 Å². The van der Waals surface area contributed by atoms with E-state index in [9.17, 15) is 0 Å². The molecule has 0 radical (unpaired) electrons. The fourth-order valence-electron chi connectivity index (χ4n) is 2.19.